The molecule has 1 unspecified atom stereocenters. The van der Waals surface area contributed by atoms with E-state index in [1.165, 1.54) is 7.11 Å². The highest BCUT2D eigenvalue weighted by Gasteiger charge is 2.06. The Morgan fingerprint density at radius 1 is 1.38 bits per heavy atom. The number of ether oxygens (including phenoxy) is 1. The van der Waals surface area contributed by atoms with Gasteiger partial charge in [-0.05, 0) is 29.3 Å². The molecule has 0 aromatic heterocycles. The zero-order valence-electron chi connectivity index (χ0n) is 6.96. The Hall–Kier alpha value is -0.570. The number of halogens is 2. The zero-order valence-corrected chi connectivity index (χ0v) is 8.47. The first-order valence-electron chi connectivity index (χ1n) is 3.62. The average molecular weight is 219 g/mol. The smallest absolute Gasteiger partial charge is 0.252 e. The van der Waals surface area contributed by atoms with Crippen LogP contribution in [-0.4, -0.2) is 12.4 Å². The first kappa shape index (κ1) is 10.5. The number of carbonyl (C=O) groups excluding carboxylic acids is 1. The first-order chi connectivity index (χ1) is 6.15. The molecule has 1 aromatic rings. The number of hydrogen-bond acceptors (Lipinski definition) is 2. The summed E-state index contributed by atoms with van der Waals surface area (Å²) < 4.78 is 4.88. The Bertz CT molecular complexity index is 295. The van der Waals surface area contributed by atoms with Crippen molar-refractivity contribution in [2.75, 3.05) is 7.11 Å². The minimum Gasteiger partial charge on any atom is -0.361 e. The van der Waals surface area contributed by atoms with Crippen LogP contribution in [0.5, 0.6) is 0 Å². The molecule has 0 N–H and O–H groups in total. The van der Waals surface area contributed by atoms with Gasteiger partial charge in [0, 0.05) is 12.7 Å². The number of carbonyl (C=O) groups is 1. The second-order valence-corrected chi connectivity index (χ2v) is 3.19. The molecule has 1 atom stereocenters. The third-order valence-electron chi connectivity index (χ3n) is 1.61. The van der Waals surface area contributed by atoms with Crippen molar-refractivity contribution in [3.8, 4) is 0 Å². The third-order valence-corrected chi connectivity index (χ3v) is 2.26. The predicted molar refractivity (Wildman–Crippen MR) is 52.2 cm³/mol. The van der Waals surface area contributed by atoms with Gasteiger partial charge in [-0.2, -0.15) is 0 Å². The minimum absolute atomic E-state index is 0.449. The fourth-order valence-corrected chi connectivity index (χ4v) is 1.17. The maximum atomic E-state index is 10.7. The van der Waals surface area contributed by atoms with E-state index in [1.807, 2.05) is 0 Å². The van der Waals surface area contributed by atoms with Crippen molar-refractivity contribution in [1.82, 2.24) is 0 Å². The Balaban J connectivity index is 2.87. The van der Waals surface area contributed by atoms with Crippen LogP contribution in [0.15, 0.2) is 24.3 Å². The summed E-state index contributed by atoms with van der Waals surface area (Å²) >= 11 is 11.0. The molecule has 0 radical (unpaired) electrons. The molecular weight excluding hydrogens is 211 g/mol. The van der Waals surface area contributed by atoms with Gasteiger partial charge >= 0.3 is 0 Å². The monoisotopic (exact) mass is 218 g/mol. The van der Waals surface area contributed by atoms with Gasteiger partial charge < -0.3 is 4.74 Å². The highest BCUT2D eigenvalue weighted by molar-refractivity contribution is 6.67. The molecule has 70 valence electrons. The topological polar surface area (TPSA) is 26.3 Å². The summed E-state index contributed by atoms with van der Waals surface area (Å²) in [5.41, 5.74) is 0.760. The lowest BCUT2D eigenvalue weighted by Gasteiger charge is -2.06. The van der Waals surface area contributed by atoms with E-state index in [1.54, 1.807) is 24.3 Å². The molecule has 0 fully saturated rings. The summed E-state index contributed by atoms with van der Waals surface area (Å²) in [7, 11) is 1.51. The van der Waals surface area contributed by atoms with Gasteiger partial charge in [0.1, 0.15) is 0 Å². The molecule has 0 spiro atoms. The van der Waals surface area contributed by atoms with Crippen molar-refractivity contribution in [2.45, 2.75) is 5.56 Å². The minimum atomic E-state index is -0.487. The maximum absolute atomic E-state index is 10.7. The van der Waals surface area contributed by atoms with Crippen LogP contribution in [-0.2, 0) is 4.74 Å². The first-order valence-corrected chi connectivity index (χ1v) is 4.43. The Morgan fingerprint density at radius 3 is 2.31 bits per heavy atom. The van der Waals surface area contributed by atoms with Gasteiger partial charge in [0.05, 0.1) is 0 Å². The highest BCUT2D eigenvalue weighted by Crippen LogP contribution is 2.21. The lowest BCUT2D eigenvalue weighted by Crippen LogP contribution is -1.94. The lowest BCUT2D eigenvalue weighted by atomic mass is 10.1. The molecule has 0 aliphatic heterocycles. The maximum Gasteiger partial charge on any atom is 0.252 e. The summed E-state index contributed by atoms with van der Waals surface area (Å²) in [4.78, 5) is 10.7. The number of hydrogen-bond donors (Lipinski definition) is 0. The summed E-state index contributed by atoms with van der Waals surface area (Å²) in [6, 6.07) is 6.63. The van der Waals surface area contributed by atoms with E-state index in [0.717, 1.165) is 5.56 Å². The van der Waals surface area contributed by atoms with Gasteiger partial charge in [0.15, 0.2) is 5.56 Å². The Labute approximate surface area is 86.4 Å². The molecule has 0 aliphatic rings. The van der Waals surface area contributed by atoms with Crippen LogP contribution in [0, 0.1) is 0 Å². The van der Waals surface area contributed by atoms with E-state index < -0.39 is 10.8 Å². The molecule has 1 rings (SSSR count). The van der Waals surface area contributed by atoms with E-state index in [9.17, 15) is 4.79 Å². The third kappa shape index (κ3) is 2.69. The molecule has 1 aromatic carbocycles. The van der Waals surface area contributed by atoms with Gasteiger partial charge in [-0.25, -0.2) is 0 Å². The van der Waals surface area contributed by atoms with Crippen LogP contribution in [0.25, 0.3) is 0 Å². The highest BCUT2D eigenvalue weighted by atomic mass is 35.5. The normalized spacial score (nSPS) is 12.5. The SMILES string of the molecule is COC(Cl)c1ccc(C(=O)Cl)cc1. The molecule has 13 heavy (non-hydrogen) atoms. The number of alkyl halides is 1. The largest absolute Gasteiger partial charge is 0.361 e. The summed E-state index contributed by atoms with van der Waals surface area (Å²) in [6.07, 6.45) is 0. The standard InChI is InChI=1S/C9H8Cl2O2/c1-13-9(11)7-4-2-6(3-5-7)8(10)12/h2-5,9H,1H3. The second kappa shape index (κ2) is 4.61. The van der Waals surface area contributed by atoms with Crippen molar-refractivity contribution in [2.24, 2.45) is 0 Å². The van der Waals surface area contributed by atoms with Crippen LogP contribution < -0.4 is 0 Å². The molecular formula is C9H8Cl2O2. The molecule has 0 heterocycles. The van der Waals surface area contributed by atoms with E-state index in [-0.39, 0.29) is 0 Å². The lowest BCUT2D eigenvalue weighted by molar-refractivity contribution is 0.108. The zero-order chi connectivity index (χ0) is 9.84. The van der Waals surface area contributed by atoms with Crippen LogP contribution in [0.1, 0.15) is 21.5 Å². The van der Waals surface area contributed by atoms with Crippen molar-refractivity contribution in [3.63, 3.8) is 0 Å². The molecule has 0 amide bonds. The van der Waals surface area contributed by atoms with E-state index in [4.69, 9.17) is 27.9 Å². The molecule has 4 heteroatoms. The molecule has 2 nitrogen and oxygen atoms in total. The Morgan fingerprint density at radius 2 is 1.92 bits per heavy atom. The van der Waals surface area contributed by atoms with Crippen LogP contribution in [0.3, 0.4) is 0 Å². The summed E-state index contributed by atoms with van der Waals surface area (Å²) in [5.74, 6) is 0. The number of rotatable bonds is 3. The summed E-state index contributed by atoms with van der Waals surface area (Å²) in [6.45, 7) is 0. The van der Waals surface area contributed by atoms with E-state index >= 15 is 0 Å². The number of benzene rings is 1. The fourth-order valence-electron chi connectivity index (χ4n) is 0.902. The molecule has 0 saturated heterocycles. The van der Waals surface area contributed by atoms with Crippen molar-refractivity contribution in [1.29, 1.82) is 0 Å². The van der Waals surface area contributed by atoms with E-state index in [0.29, 0.717) is 5.56 Å². The quantitative estimate of drug-likeness (QED) is 0.577. The van der Waals surface area contributed by atoms with Crippen LogP contribution in [0.2, 0.25) is 0 Å². The fraction of sp³-hybridized carbons (Fsp3) is 0.222. The van der Waals surface area contributed by atoms with Crippen LogP contribution in [0.4, 0.5) is 0 Å². The second-order valence-electron chi connectivity index (χ2n) is 2.45. The average Bonchev–Trinajstić information content (AvgIpc) is 2.17. The van der Waals surface area contributed by atoms with Gasteiger partial charge in [-0.15, -0.1) is 0 Å². The van der Waals surface area contributed by atoms with Crippen molar-refractivity contribution in [3.05, 3.63) is 35.4 Å². The van der Waals surface area contributed by atoms with Crippen molar-refractivity contribution >= 4 is 28.4 Å². The molecule has 0 bridgehead atoms. The van der Waals surface area contributed by atoms with Gasteiger partial charge in [-0.3, -0.25) is 4.79 Å². The van der Waals surface area contributed by atoms with Crippen LogP contribution >= 0.6 is 23.2 Å². The Kier molecular flexibility index (Phi) is 3.72. The number of methoxy groups -OCH3 is 1. The van der Waals surface area contributed by atoms with E-state index in [2.05, 4.69) is 0 Å². The van der Waals surface area contributed by atoms with Gasteiger partial charge in [0.25, 0.3) is 5.24 Å². The van der Waals surface area contributed by atoms with Gasteiger partial charge in [0.2, 0.25) is 0 Å². The predicted octanol–water partition coefficient (Wildman–Crippen LogP) is 2.95. The molecule has 0 aliphatic carbocycles. The molecule has 0 saturated carbocycles. The van der Waals surface area contributed by atoms with Crippen molar-refractivity contribution < 1.29 is 9.53 Å². The van der Waals surface area contributed by atoms with Gasteiger partial charge in [-0.1, -0.05) is 23.7 Å². The summed E-state index contributed by atoms with van der Waals surface area (Å²) in [5, 5.41) is -0.477.